The molecule has 2 N–H and O–H groups in total. The van der Waals surface area contributed by atoms with Gasteiger partial charge >= 0.3 is 11.7 Å². The molecule has 0 saturated heterocycles. The zero-order valence-corrected chi connectivity index (χ0v) is 12.4. The number of H-pyrrole nitrogens is 1. The summed E-state index contributed by atoms with van der Waals surface area (Å²) in [6.07, 6.45) is 0. The predicted molar refractivity (Wildman–Crippen MR) is 79.8 cm³/mol. The zero-order chi connectivity index (χ0) is 15.0. The number of nitrogens with one attached hydrogen (secondary N) is 1. The van der Waals surface area contributed by atoms with Crippen molar-refractivity contribution in [3.63, 3.8) is 0 Å². The Labute approximate surface area is 130 Å². The number of benzene rings is 1. The van der Waals surface area contributed by atoms with Crippen molar-refractivity contribution in [1.29, 1.82) is 0 Å². The van der Waals surface area contributed by atoms with E-state index in [9.17, 15) is 14.7 Å². The van der Waals surface area contributed by atoms with E-state index in [-0.39, 0.29) is 17.2 Å². The maximum Gasteiger partial charge on any atom is 0.364 e. The molecule has 0 atom stereocenters. The molecule has 106 valence electrons. The molecule has 21 heavy (non-hydrogen) atoms. The summed E-state index contributed by atoms with van der Waals surface area (Å²) in [5, 5.41) is 19.1. The Morgan fingerprint density at radius 3 is 2.90 bits per heavy atom. The van der Waals surface area contributed by atoms with Gasteiger partial charge in [0.05, 0.1) is 0 Å². The Balaban J connectivity index is 2.04. The van der Waals surface area contributed by atoms with Gasteiger partial charge < -0.3 is 9.84 Å². The SMILES string of the molecule is O=C(O)c1cc(I)ccc1Oc1ccc2n[nH]c(=O)n2n1. The van der Waals surface area contributed by atoms with E-state index in [0.717, 1.165) is 8.09 Å². The molecule has 0 saturated carbocycles. The number of carboxylic acids is 1. The van der Waals surface area contributed by atoms with Crippen molar-refractivity contribution in [2.75, 3.05) is 0 Å². The fourth-order valence-corrected chi connectivity index (χ4v) is 2.20. The number of carboxylic acid groups (broad SMARTS) is 1. The maximum absolute atomic E-state index is 11.4. The first-order valence-corrected chi connectivity index (χ1v) is 6.77. The average Bonchev–Trinajstić information content (AvgIpc) is 2.82. The molecule has 2 heterocycles. The van der Waals surface area contributed by atoms with E-state index < -0.39 is 11.7 Å². The fraction of sp³-hybridized carbons (Fsp3) is 0. The molecular formula is C12H7IN4O4. The summed E-state index contributed by atoms with van der Waals surface area (Å²) in [6.45, 7) is 0. The standard InChI is InChI=1S/C12H7IN4O4/c13-6-1-2-8(7(5-6)11(18)19)21-10-4-3-9-14-15-12(20)17(9)16-10/h1-5H,(H,15,20)(H,18,19). The normalized spacial score (nSPS) is 10.7. The van der Waals surface area contributed by atoms with Crippen LogP contribution in [0.4, 0.5) is 0 Å². The molecule has 0 radical (unpaired) electrons. The highest BCUT2D eigenvalue weighted by Crippen LogP contribution is 2.25. The Hall–Kier alpha value is -2.43. The lowest BCUT2D eigenvalue weighted by Crippen LogP contribution is -2.12. The number of ether oxygens (including phenoxy) is 1. The van der Waals surface area contributed by atoms with Crippen molar-refractivity contribution in [1.82, 2.24) is 19.8 Å². The van der Waals surface area contributed by atoms with Gasteiger partial charge in [0.1, 0.15) is 11.3 Å². The molecule has 0 fully saturated rings. The van der Waals surface area contributed by atoms with Crippen LogP contribution in [0.15, 0.2) is 35.1 Å². The van der Waals surface area contributed by atoms with Crippen LogP contribution >= 0.6 is 22.6 Å². The Bertz CT molecular complexity index is 902. The van der Waals surface area contributed by atoms with Gasteiger partial charge in [-0.3, -0.25) is 0 Å². The molecule has 0 aliphatic carbocycles. The minimum atomic E-state index is -1.11. The quantitative estimate of drug-likeness (QED) is 0.648. The first-order chi connectivity index (χ1) is 10.0. The van der Waals surface area contributed by atoms with Crippen molar-refractivity contribution in [3.8, 4) is 11.6 Å². The number of aromatic nitrogens is 4. The largest absolute Gasteiger partial charge is 0.478 e. The van der Waals surface area contributed by atoms with Crippen LogP contribution in [0.5, 0.6) is 11.6 Å². The van der Waals surface area contributed by atoms with E-state index in [2.05, 4.69) is 15.3 Å². The highest BCUT2D eigenvalue weighted by atomic mass is 127. The first-order valence-electron chi connectivity index (χ1n) is 5.70. The van der Waals surface area contributed by atoms with Crippen molar-refractivity contribution in [2.45, 2.75) is 0 Å². The molecule has 3 rings (SSSR count). The fourth-order valence-electron chi connectivity index (χ4n) is 1.71. The lowest BCUT2D eigenvalue weighted by molar-refractivity contribution is 0.0694. The predicted octanol–water partition coefficient (Wildman–Crippen LogP) is 1.51. The van der Waals surface area contributed by atoms with E-state index in [1.165, 1.54) is 24.3 Å². The molecule has 1 aromatic carbocycles. The summed E-state index contributed by atoms with van der Waals surface area (Å²) in [5.74, 6) is -0.869. The van der Waals surface area contributed by atoms with Crippen molar-refractivity contribution in [3.05, 3.63) is 49.9 Å². The van der Waals surface area contributed by atoms with E-state index in [0.29, 0.717) is 5.65 Å². The second-order valence-electron chi connectivity index (χ2n) is 4.02. The van der Waals surface area contributed by atoms with Crippen LogP contribution in [0.25, 0.3) is 5.65 Å². The number of hydrogen-bond donors (Lipinski definition) is 2. The van der Waals surface area contributed by atoms with Crippen molar-refractivity contribution < 1.29 is 14.6 Å². The van der Waals surface area contributed by atoms with Gasteiger partial charge in [-0.25, -0.2) is 14.7 Å². The van der Waals surface area contributed by atoms with Crippen LogP contribution in [0.3, 0.4) is 0 Å². The number of fused-ring (bicyclic) bond motifs is 1. The number of halogens is 1. The second-order valence-corrected chi connectivity index (χ2v) is 5.26. The highest BCUT2D eigenvalue weighted by molar-refractivity contribution is 14.1. The van der Waals surface area contributed by atoms with Crippen LogP contribution in [-0.2, 0) is 0 Å². The summed E-state index contributed by atoms with van der Waals surface area (Å²) in [7, 11) is 0. The van der Waals surface area contributed by atoms with Crippen molar-refractivity contribution >= 4 is 34.2 Å². The van der Waals surface area contributed by atoms with Crippen molar-refractivity contribution in [2.24, 2.45) is 0 Å². The van der Waals surface area contributed by atoms with Gasteiger partial charge in [-0.1, -0.05) is 0 Å². The topological polar surface area (TPSA) is 110 Å². The first kappa shape index (κ1) is 13.5. The molecule has 3 aromatic rings. The number of rotatable bonds is 3. The summed E-state index contributed by atoms with van der Waals surface area (Å²) in [6, 6.07) is 7.77. The van der Waals surface area contributed by atoms with Gasteiger partial charge in [0, 0.05) is 9.64 Å². The van der Waals surface area contributed by atoms with Crippen LogP contribution in [0.2, 0.25) is 0 Å². The minimum Gasteiger partial charge on any atom is -0.478 e. The minimum absolute atomic E-state index is 0.0170. The third-order valence-electron chi connectivity index (χ3n) is 2.64. The van der Waals surface area contributed by atoms with Gasteiger partial charge in [-0.2, -0.15) is 9.61 Å². The third-order valence-corrected chi connectivity index (χ3v) is 3.31. The van der Waals surface area contributed by atoms with E-state index in [1.807, 2.05) is 22.6 Å². The van der Waals surface area contributed by atoms with Gasteiger partial charge in [0.2, 0.25) is 5.88 Å². The van der Waals surface area contributed by atoms with E-state index in [4.69, 9.17) is 4.74 Å². The Morgan fingerprint density at radius 2 is 2.14 bits per heavy atom. The van der Waals surface area contributed by atoms with Gasteiger partial charge in [-0.05, 0) is 46.9 Å². The molecule has 0 aliphatic rings. The second kappa shape index (κ2) is 5.16. The summed E-state index contributed by atoms with van der Waals surface area (Å²) in [4.78, 5) is 22.7. The summed E-state index contributed by atoms with van der Waals surface area (Å²) >= 11 is 2.01. The van der Waals surface area contributed by atoms with Crippen LogP contribution in [-0.4, -0.2) is 30.9 Å². The smallest absolute Gasteiger partial charge is 0.364 e. The van der Waals surface area contributed by atoms with Gasteiger partial charge in [-0.15, -0.1) is 5.10 Å². The monoisotopic (exact) mass is 398 g/mol. The molecule has 8 nitrogen and oxygen atoms in total. The average molecular weight is 398 g/mol. The third kappa shape index (κ3) is 2.59. The summed E-state index contributed by atoms with van der Waals surface area (Å²) in [5.41, 5.74) is -0.145. The molecule has 0 bridgehead atoms. The van der Waals surface area contributed by atoms with Gasteiger partial charge in [0.25, 0.3) is 0 Å². The summed E-state index contributed by atoms with van der Waals surface area (Å²) < 4.78 is 7.26. The molecule has 0 amide bonds. The molecule has 2 aromatic heterocycles. The van der Waals surface area contributed by atoms with Gasteiger partial charge in [0.15, 0.2) is 5.65 Å². The zero-order valence-electron chi connectivity index (χ0n) is 10.3. The lowest BCUT2D eigenvalue weighted by atomic mass is 10.2. The molecular weight excluding hydrogens is 391 g/mol. The molecule has 0 unspecified atom stereocenters. The number of aromatic amines is 1. The number of carbonyl (C=O) groups is 1. The highest BCUT2D eigenvalue weighted by Gasteiger charge is 2.14. The molecule has 9 heteroatoms. The van der Waals surface area contributed by atoms with Crippen LogP contribution in [0, 0.1) is 3.57 Å². The lowest BCUT2D eigenvalue weighted by Gasteiger charge is -2.08. The number of nitrogens with zero attached hydrogens (tertiary/aromatic N) is 3. The van der Waals surface area contributed by atoms with E-state index in [1.54, 1.807) is 6.07 Å². The van der Waals surface area contributed by atoms with E-state index >= 15 is 0 Å². The van der Waals surface area contributed by atoms with Crippen LogP contribution in [0.1, 0.15) is 10.4 Å². The van der Waals surface area contributed by atoms with Crippen LogP contribution < -0.4 is 10.4 Å². The number of aromatic carboxylic acids is 1. The maximum atomic E-state index is 11.4. The molecule has 0 spiro atoms. The number of hydrogen-bond acceptors (Lipinski definition) is 5. The Kier molecular flexibility index (Phi) is 3.33. The molecule has 0 aliphatic heterocycles. The Morgan fingerprint density at radius 1 is 1.33 bits per heavy atom.